The number of rotatable bonds is 1. The molecule has 0 aliphatic carbocycles. The van der Waals surface area contributed by atoms with Crippen molar-refractivity contribution in [2.45, 2.75) is 6.42 Å². The van der Waals surface area contributed by atoms with Gasteiger partial charge in [-0.1, -0.05) is 17.3 Å². The largest absolute Gasteiger partial charge is 0.354 e. The van der Waals surface area contributed by atoms with Crippen LogP contribution in [0.4, 0.5) is 5.82 Å². The van der Waals surface area contributed by atoms with Gasteiger partial charge in [-0.2, -0.15) is 0 Å². The van der Waals surface area contributed by atoms with E-state index in [4.69, 9.17) is 4.52 Å². The Morgan fingerprint density at radius 3 is 3.12 bits per heavy atom. The van der Waals surface area contributed by atoms with Crippen LogP contribution in [0, 0.1) is 0 Å². The molecule has 4 heteroatoms. The maximum atomic E-state index is 5.18. The van der Waals surface area contributed by atoms with E-state index in [1.165, 1.54) is 0 Å². The molecular weight excluding hydrogens is 202 g/mol. The molecular formula is C12H10N3O+. The van der Waals surface area contributed by atoms with Crippen molar-refractivity contribution >= 4 is 28.7 Å². The average Bonchev–Trinajstić information content (AvgIpc) is 2.74. The molecule has 0 saturated heterocycles. The van der Waals surface area contributed by atoms with Gasteiger partial charge in [0.15, 0.2) is 11.8 Å². The predicted octanol–water partition coefficient (Wildman–Crippen LogP) is 0.969. The third-order valence-electron chi connectivity index (χ3n) is 2.41. The smallest absolute Gasteiger partial charge is 0.203 e. The van der Waals surface area contributed by atoms with E-state index in [0.717, 1.165) is 23.1 Å². The fraction of sp³-hybridized carbons (Fsp3) is 0.0833. The molecule has 1 aliphatic rings. The van der Waals surface area contributed by atoms with Crippen LogP contribution >= 0.6 is 0 Å². The number of para-hydroxylation sites is 1. The summed E-state index contributed by atoms with van der Waals surface area (Å²) in [6.07, 6.45) is 6.52. The molecule has 0 atom stereocenters. The lowest BCUT2D eigenvalue weighted by molar-refractivity contribution is -0.368. The molecule has 0 unspecified atom stereocenters. The Bertz CT molecular complexity index is 608. The fourth-order valence-corrected chi connectivity index (χ4v) is 1.62. The number of benzene rings is 1. The summed E-state index contributed by atoms with van der Waals surface area (Å²) in [7, 11) is 0. The number of hydrogen-bond donors (Lipinski definition) is 1. The lowest BCUT2D eigenvalue weighted by Gasteiger charge is -1.94. The van der Waals surface area contributed by atoms with Crippen LogP contribution in [-0.2, 0) is 0 Å². The molecule has 1 aromatic carbocycles. The lowest BCUT2D eigenvalue weighted by atomic mass is 10.2. The number of fused-ring (bicyclic) bond motifs is 1. The lowest BCUT2D eigenvalue weighted by Crippen LogP contribution is -2.62. The number of nitrogens with zero attached hydrogens (tertiary/aromatic N) is 2. The molecule has 1 N–H and O–H groups in total. The van der Waals surface area contributed by atoms with Crippen LogP contribution in [0.2, 0.25) is 0 Å². The van der Waals surface area contributed by atoms with Crippen LogP contribution < -0.4 is 4.99 Å². The minimum atomic E-state index is 0.644. The monoisotopic (exact) mass is 212 g/mol. The summed E-state index contributed by atoms with van der Waals surface area (Å²) >= 11 is 0. The quantitative estimate of drug-likeness (QED) is 0.765. The van der Waals surface area contributed by atoms with Gasteiger partial charge in [-0.3, -0.25) is 0 Å². The summed E-state index contributed by atoms with van der Waals surface area (Å²) in [5.41, 5.74) is 1.74. The van der Waals surface area contributed by atoms with Gasteiger partial charge in [-0.15, -0.1) is 0 Å². The molecule has 0 saturated carbocycles. The van der Waals surface area contributed by atoms with Crippen LogP contribution in [0.15, 0.2) is 46.1 Å². The molecule has 1 aliphatic heterocycles. The summed E-state index contributed by atoms with van der Waals surface area (Å²) in [6, 6.07) is 7.71. The first-order valence-electron chi connectivity index (χ1n) is 5.10. The van der Waals surface area contributed by atoms with E-state index >= 15 is 0 Å². The average molecular weight is 212 g/mol. The van der Waals surface area contributed by atoms with Crippen molar-refractivity contribution in [1.29, 1.82) is 0 Å². The Morgan fingerprint density at radius 2 is 2.25 bits per heavy atom. The van der Waals surface area contributed by atoms with Crippen molar-refractivity contribution in [2.24, 2.45) is 4.99 Å². The Balaban J connectivity index is 2.07. The second kappa shape index (κ2) is 3.73. The molecule has 2 aromatic rings. The van der Waals surface area contributed by atoms with E-state index in [2.05, 4.69) is 15.1 Å². The second-order valence-corrected chi connectivity index (χ2v) is 3.51. The molecule has 4 nitrogen and oxygen atoms in total. The minimum Gasteiger partial charge on any atom is -0.354 e. The first kappa shape index (κ1) is 9.03. The van der Waals surface area contributed by atoms with E-state index in [1.807, 2.05) is 42.8 Å². The number of allylic oxidation sites excluding steroid dienone is 1. The van der Waals surface area contributed by atoms with Crippen molar-refractivity contribution in [1.82, 2.24) is 5.16 Å². The zero-order chi connectivity index (χ0) is 10.8. The molecule has 1 aromatic heterocycles. The van der Waals surface area contributed by atoms with Crippen LogP contribution in [0.5, 0.6) is 0 Å². The minimum absolute atomic E-state index is 0.644. The van der Waals surface area contributed by atoms with Crippen LogP contribution in [0.25, 0.3) is 11.0 Å². The maximum Gasteiger partial charge on any atom is 0.203 e. The molecule has 78 valence electrons. The highest BCUT2D eigenvalue weighted by atomic mass is 16.5. The van der Waals surface area contributed by atoms with Crippen molar-refractivity contribution in [3.05, 3.63) is 36.5 Å². The second-order valence-electron chi connectivity index (χ2n) is 3.51. The van der Waals surface area contributed by atoms with Crippen molar-refractivity contribution in [3.63, 3.8) is 0 Å². The van der Waals surface area contributed by atoms with E-state index in [-0.39, 0.29) is 0 Å². The molecule has 0 bridgehead atoms. The Morgan fingerprint density at radius 1 is 1.31 bits per heavy atom. The van der Waals surface area contributed by atoms with E-state index in [9.17, 15) is 0 Å². The van der Waals surface area contributed by atoms with Crippen molar-refractivity contribution < 1.29 is 9.52 Å². The van der Waals surface area contributed by atoms with Gasteiger partial charge in [0.25, 0.3) is 0 Å². The fourth-order valence-electron chi connectivity index (χ4n) is 1.62. The Hall–Kier alpha value is -2.23. The topological polar surface area (TPSA) is 52.4 Å². The molecule has 16 heavy (non-hydrogen) atoms. The number of hydrogen-bond acceptors (Lipinski definition) is 3. The first-order chi connectivity index (χ1) is 7.93. The number of aliphatic imine (C=N–C) groups is 1. The van der Waals surface area contributed by atoms with Crippen LogP contribution in [-0.4, -0.2) is 17.1 Å². The van der Waals surface area contributed by atoms with Crippen LogP contribution in [0.3, 0.4) is 0 Å². The highest BCUT2D eigenvalue weighted by Crippen LogP contribution is 2.24. The summed E-state index contributed by atoms with van der Waals surface area (Å²) < 4.78 is 5.18. The van der Waals surface area contributed by atoms with Gasteiger partial charge < -0.3 is 4.52 Å². The van der Waals surface area contributed by atoms with Gasteiger partial charge in [0.2, 0.25) is 5.82 Å². The standard InChI is InChI=1S/C12H9N3O/c1-2-4-11-10(3-1)12(15-16-11)14-9-5-7-13-8-6-9/h1-5,7-8H,6H2/p+1. The third kappa shape index (κ3) is 1.54. The highest BCUT2D eigenvalue weighted by molar-refractivity contribution is 6.05. The summed E-state index contributed by atoms with van der Waals surface area (Å²) in [4.78, 5) is 7.46. The normalized spacial score (nSPS) is 17.4. The van der Waals surface area contributed by atoms with Gasteiger partial charge in [0.1, 0.15) is 6.21 Å². The summed E-state index contributed by atoms with van der Waals surface area (Å²) in [5.74, 6) is 0.644. The maximum absolute atomic E-state index is 5.18. The molecule has 0 amide bonds. The summed E-state index contributed by atoms with van der Waals surface area (Å²) in [5, 5.41) is 4.90. The Labute approximate surface area is 92.0 Å². The van der Waals surface area contributed by atoms with Crippen LogP contribution in [0.1, 0.15) is 6.42 Å². The summed E-state index contributed by atoms with van der Waals surface area (Å²) in [6.45, 7) is 0. The first-order valence-corrected chi connectivity index (χ1v) is 5.10. The van der Waals surface area contributed by atoms with Crippen molar-refractivity contribution in [2.75, 3.05) is 0 Å². The Kier molecular flexibility index (Phi) is 2.11. The zero-order valence-corrected chi connectivity index (χ0v) is 8.55. The predicted molar refractivity (Wildman–Crippen MR) is 61.9 cm³/mol. The van der Waals surface area contributed by atoms with Gasteiger partial charge >= 0.3 is 0 Å². The molecule has 0 spiro atoms. The van der Waals surface area contributed by atoms with Gasteiger partial charge in [0, 0.05) is 6.08 Å². The number of nitrogens with one attached hydrogen (secondary N) is 1. The molecule has 2 heterocycles. The molecule has 0 radical (unpaired) electrons. The van der Waals surface area contributed by atoms with E-state index in [0.29, 0.717) is 5.82 Å². The molecule has 0 fully saturated rings. The van der Waals surface area contributed by atoms with Gasteiger partial charge in [0.05, 0.1) is 17.5 Å². The zero-order valence-electron chi connectivity index (χ0n) is 8.55. The van der Waals surface area contributed by atoms with E-state index < -0.39 is 0 Å². The molecule has 3 rings (SSSR count). The van der Waals surface area contributed by atoms with Gasteiger partial charge in [-0.25, -0.2) is 9.98 Å². The third-order valence-corrected chi connectivity index (χ3v) is 2.41. The SMILES string of the molecule is C1=CC(=Nc2noc3ccccc23)CC=[NH+]1. The number of aromatic nitrogens is 1. The van der Waals surface area contributed by atoms with E-state index in [1.54, 1.807) is 0 Å². The van der Waals surface area contributed by atoms with Crippen molar-refractivity contribution in [3.8, 4) is 0 Å². The van der Waals surface area contributed by atoms with Gasteiger partial charge in [-0.05, 0) is 12.1 Å². The highest BCUT2D eigenvalue weighted by Gasteiger charge is 2.08.